The molecule has 0 atom stereocenters. The van der Waals surface area contributed by atoms with E-state index in [9.17, 15) is 9.59 Å². The highest BCUT2D eigenvalue weighted by Gasteiger charge is 2.20. The molecule has 2 amide bonds. The van der Waals surface area contributed by atoms with Crippen molar-refractivity contribution in [1.82, 2.24) is 4.57 Å². The lowest BCUT2D eigenvalue weighted by molar-refractivity contribution is -0.114. The summed E-state index contributed by atoms with van der Waals surface area (Å²) in [7, 11) is 1.85. The normalized spacial score (nSPS) is 10.7. The number of carbonyl (C=O) groups is 2. The molecule has 0 aliphatic carbocycles. The Kier molecular flexibility index (Phi) is 4.63. The Morgan fingerprint density at radius 3 is 2.44 bits per heavy atom. The largest absolute Gasteiger partial charge is 0.339 e. The third-order valence-corrected chi connectivity index (χ3v) is 4.80. The summed E-state index contributed by atoms with van der Waals surface area (Å²) in [6.45, 7) is 3.37. The van der Waals surface area contributed by atoms with Crippen molar-refractivity contribution in [2.45, 2.75) is 13.8 Å². The van der Waals surface area contributed by atoms with E-state index < -0.39 is 0 Å². The fourth-order valence-electron chi connectivity index (χ4n) is 2.84. The first-order valence-corrected chi connectivity index (χ1v) is 8.60. The van der Waals surface area contributed by atoms with E-state index in [2.05, 4.69) is 26.6 Å². The summed E-state index contributed by atoms with van der Waals surface area (Å²) in [4.78, 5) is 24.3. The first-order chi connectivity index (χ1) is 11.9. The number of carbonyl (C=O) groups excluding carboxylic acids is 2. The number of rotatable bonds is 3. The lowest BCUT2D eigenvalue weighted by atomic mass is 10.2. The predicted octanol–water partition coefficient (Wildman–Crippen LogP) is 4.46. The molecule has 0 aliphatic heterocycles. The molecular weight excluding hydrogens is 382 g/mol. The van der Waals surface area contributed by atoms with Gasteiger partial charge in [0, 0.05) is 24.9 Å². The van der Waals surface area contributed by atoms with Gasteiger partial charge in [0.15, 0.2) is 0 Å². The van der Waals surface area contributed by atoms with E-state index in [-0.39, 0.29) is 11.8 Å². The molecule has 0 saturated heterocycles. The second-order valence-corrected chi connectivity index (χ2v) is 6.72. The highest BCUT2D eigenvalue weighted by atomic mass is 79.9. The summed E-state index contributed by atoms with van der Waals surface area (Å²) in [6.07, 6.45) is 0. The highest BCUT2D eigenvalue weighted by molar-refractivity contribution is 9.10. The average molecular weight is 400 g/mol. The second-order valence-electron chi connectivity index (χ2n) is 5.92. The molecule has 2 aromatic carbocycles. The smallest absolute Gasteiger partial charge is 0.273 e. The quantitative estimate of drug-likeness (QED) is 0.682. The number of anilines is 2. The standard InChI is InChI=1S/C19H18BrN3O2/c1-11-8-9-14(21-12(2)24)15(10-11)22-19(25)18-17(20)13-6-4-5-7-16(13)23(18)3/h4-10H,1-3H3,(H,21,24)(H,22,25). The van der Waals surface area contributed by atoms with Crippen molar-refractivity contribution in [3.63, 3.8) is 0 Å². The van der Waals surface area contributed by atoms with Gasteiger partial charge in [-0.3, -0.25) is 9.59 Å². The molecule has 0 unspecified atom stereocenters. The van der Waals surface area contributed by atoms with Crippen LogP contribution in [0.5, 0.6) is 0 Å². The van der Waals surface area contributed by atoms with Crippen LogP contribution in [0.3, 0.4) is 0 Å². The van der Waals surface area contributed by atoms with Gasteiger partial charge >= 0.3 is 0 Å². The van der Waals surface area contributed by atoms with E-state index >= 15 is 0 Å². The second kappa shape index (κ2) is 6.72. The Hall–Kier alpha value is -2.60. The molecule has 0 aliphatic rings. The minimum Gasteiger partial charge on any atom is -0.339 e. The Morgan fingerprint density at radius 1 is 1.04 bits per heavy atom. The molecule has 1 heterocycles. The van der Waals surface area contributed by atoms with Crippen LogP contribution in [-0.2, 0) is 11.8 Å². The first kappa shape index (κ1) is 17.2. The van der Waals surface area contributed by atoms with Crippen LogP contribution in [0, 0.1) is 6.92 Å². The van der Waals surface area contributed by atoms with Gasteiger partial charge in [-0.25, -0.2) is 0 Å². The molecule has 1 aromatic heterocycles. The van der Waals surface area contributed by atoms with E-state index in [1.807, 2.05) is 54.9 Å². The van der Waals surface area contributed by atoms with Crippen molar-refractivity contribution in [3.05, 3.63) is 58.2 Å². The zero-order valence-corrected chi connectivity index (χ0v) is 15.8. The Bertz CT molecular complexity index is 953. The number of aromatic nitrogens is 1. The lowest BCUT2D eigenvalue weighted by Gasteiger charge is -2.13. The minimum atomic E-state index is -0.247. The van der Waals surface area contributed by atoms with Crippen molar-refractivity contribution in [3.8, 4) is 0 Å². The fraction of sp³-hybridized carbons (Fsp3) is 0.158. The van der Waals surface area contributed by atoms with E-state index in [1.165, 1.54) is 6.92 Å². The fourth-order valence-corrected chi connectivity index (χ4v) is 3.62. The molecule has 0 saturated carbocycles. The Balaban J connectivity index is 2.01. The summed E-state index contributed by atoms with van der Waals surface area (Å²) in [5.74, 6) is -0.437. The van der Waals surface area contributed by atoms with E-state index in [0.29, 0.717) is 17.1 Å². The number of benzene rings is 2. The predicted molar refractivity (Wildman–Crippen MR) is 104 cm³/mol. The van der Waals surface area contributed by atoms with Gasteiger partial charge in [0.1, 0.15) is 5.69 Å². The van der Waals surface area contributed by atoms with Crippen LogP contribution < -0.4 is 10.6 Å². The summed E-state index contributed by atoms with van der Waals surface area (Å²) < 4.78 is 2.60. The Morgan fingerprint density at radius 2 is 1.76 bits per heavy atom. The maximum Gasteiger partial charge on any atom is 0.273 e. The average Bonchev–Trinajstić information content (AvgIpc) is 2.81. The molecule has 0 fully saturated rings. The van der Waals surface area contributed by atoms with Gasteiger partial charge in [-0.2, -0.15) is 0 Å². The van der Waals surface area contributed by atoms with Gasteiger partial charge in [0.25, 0.3) is 5.91 Å². The van der Waals surface area contributed by atoms with Crippen molar-refractivity contribution in [2.75, 3.05) is 10.6 Å². The number of halogens is 1. The molecule has 5 nitrogen and oxygen atoms in total. The monoisotopic (exact) mass is 399 g/mol. The minimum absolute atomic E-state index is 0.190. The molecule has 0 bridgehead atoms. The van der Waals surface area contributed by atoms with Gasteiger partial charge in [-0.05, 0) is 46.6 Å². The summed E-state index contributed by atoms with van der Waals surface area (Å²) in [5.41, 5.74) is 3.61. The van der Waals surface area contributed by atoms with E-state index in [1.54, 1.807) is 6.07 Å². The van der Waals surface area contributed by atoms with Crippen LogP contribution in [0.4, 0.5) is 11.4 Å². The number of amides is 2. The maximum atomic E-state index is 12.9. The number of aryl methyl sites for hydroxylation is 2. The molecule has 128 valence electrons. The van der Waals surface area contributed by atoms with Gasteiger partial charge < -0.3 is 15.2 Å². The molecular formula is C19H18BrN3O2. The van der Waals surface area contributed by atoms with Crippen molar-refractivity contribution < 1.29 is 9.59 Å². The van der Waals surface area contributed by atoms with Gasteiger partial charge in [0.2, 0.25) is 5.91 Å². The van der Waals surface area contributed by atoms with E-state index in [0.717, 1.165) is 20.9 Å². The summed E-state index contributed by atoms with van der Waals surface area (Å²) in [6, 6.07) is 13.3. The third kappa shape index (κ3) is 3.30. The molecule has 0 spiro atoms. The molecule has 2 N–H and O–H groups in total. The zero-order valence-electron chi connectivity index (χ0n) is 14.2. The molecule has 25 heavy (non-hydrogen) atoms. The molecule has 6 heteroatoms. The van der Waals surface area contributed by atoms with Crippen LogP contribution in [0.1, 0.15) is 23.0 Å². The Labute approximate surface area is 154 Å². The zero-order chi connectivity index (χ0) is 18.1. The molecule has 0 radical (unpaired) electrons. The summed E-state index contributed by atoms with van der Waals surface area (Å²) in [5, 5.41) is 6.63. The number of hydrogen-bond acceptors (Lipinski definition) is 2. The van der Waals surface area contributed by atoms with Gasteiger partial charge in [-0.15, -0.1) is 0 Å². The highest BCUT2D eigenvalue weighted by Crippen LogP contribution is 2.31. The third-order valence-electron chi connectivity index (χ3n) is 3.99. The van der Waals surface area contributed by atoms with E-state index in [4.69, 9.17) is 0 Å². The van der Waals surface area contributed by atoms with Crippen molar-refractivity contribution in [1.29, 1.82) is 0 Å². The number of para-hydroxylation sites is 1. The van der Waals surface area contributed by atoms with Crippen LogP contribution in [-0.4, -0.2) is 16.4 Å². The maximum absolute atomic E-state index is 12.9. The van der Waals surface area contributed by atoms with Gasteiger partial charge in [-0.1, -0.05) is 24.3 Å². The number of hydrogen-bond donors (Lipinski definition) is 2. The number of nitrogens with one attached hydrogen (secondary N) is 2. The summed E-state index contributed by atoms with van der Waals surface area (Å²) >= 11 is 3.54. The number of nitrogens with zero attached hydrogens (tertiary/aromatic N) is 1. The SMILES string of the molecule is CC(=O)Nc1ccc(C)cc1NC(=O)c1c(Br)c2ccccc2n1C. The number of fused-ring (bicyclic) bond motifs is 1. The lowest BCUT2D eigenvalue weighted by Crippen LogP contribution is -2.18. The van der Waals surface area contributed by atoms with Crippen LogP contribution in [0.2, 0.25) is 0 Å². The first-order valence-electron chi connectivity index (χ1n) is 7.81. The van der Waals surface area contributed by atoms with Crippen LogP contribution in [0.15, 0.2) is 46.9 Å². The molecule has 3 aromatic rings. The van der Waals surface area contributed by atoms with Gasteiger partial charge in [0.05, 0.1) is 15.8 Å². The van der Waals surface area contributed by atoms with Crippen molar-refractivity contribution >= 4 is 50.0 Å². The van der Waals surface area contributed by atoms with Crippen molar-refractivity contribution in [2.24, 2.45) is 7.05 Å². The van der Waals surface area contributed by atoms with Crippen LogP contribution in [0.25, 0.3) is 10.9 Å². The molecule has 3 rings (SSSR count). The van der Waals surface area contributed by atoms with Crippen LogP contribution >= 0.6 is 15.9 Å². The topological polar surface area (TPSA) is 63.1 Å².